The summed E-state index contributed by atoms with van der Waals surface area (Å²) >= 11 is 0. The maximum Gasteiger partial charge on any atom is 0.303 e. The minimum Gasteiger partial charge on any atom is -0.481 e. The molecular formula is C20H40O4. The van der Waals surface area contributed by atoms with E-state index in [4.69, 9.17) is 15.0 Å². The molecule has 0 amide bonds. The molecule has 0 unspecified atom stereocenters. The minimum atomic E-state index is -0.833. The third-order valence-electron chi connectivity index (χ3n) is 3.92. The van der Waals surface area contributed by atoms with Gasteiger partial charge < -0.3 is 10.2 Å². The Morgan fingerprint density at radius 2 is 0.958 bits per heavy atom. The van der Waals surface area contributed by atoms with Crippen LogP contribution in [0.1, 0.15) is 111 Å². The molecule has 0 aliphatic heterocycles. The molecule has 0 aromatic carbocycles. The number of hydrogen-bond acceptors (Lipinski definition) is 2. The molecule has 0 aromatic heterocycles. The maximum atomic E-state index is 10.3. The van der Waals surface area contributed by atoms with Gasteiger partial charge in [0, 0.05) is 13.3 Å². The molecular weight excluding hydrogens is 304 g/mol. The fourth-order valence-electron chi connectivity index (χ4n) is 2.60. The van der Waals surface area contributed by atoms with Crippen LogP contribution in [0, 0.1) is 5.92 Å². The molecule has 2 N–H and O–H groups in total. The summed E-state index contributed by atoms with van der Waals surface area (Å²) in [4.78, 5) is 19.3. The first-order valence-electron chi connectivity index (χ1n) is 9.77. The van der Waals surface area contributed by atoms with E-state index in [1.54, 1.807) is 0 Å². The van der Waals surface area contributed by atoms with Gasteiger partial charge in [0.25, 0.3) is 5.97 Å². The van der Waals surface area contributed by atoms with E-state index in [2.05, 4.69) is 13.8 Å². The lowest BCUT2D eigenvalue weighted by Gasteiger charge is -2.04. The van der Waals surface area contributed by atoms with E-state index in [1.165, 1.54) is 70.6 Å². The monoisotopic (exact) mass is 344 g/mol. The molecule has 144 valence electrons. The average Bonchev–Trinajstić information content (AvgIpc) is 2.46. The summed E-state index contributed by atoms with van der Waals surface area (Å²) in [7, 11) is 0. The van der Waals surface area contributed by atoms with Crippen molar-refractivity contribution in [3.8, 4) is 0 Å². The molecule has 0 aliphatic carbocycles. The van der Waals surface area contributed by atoms with E-state index in [9.17, 15) is 4.79 Å². The van der Waals surface area contributed by atoms with Gasteiger partial charge in [0.05, 0.1) is 0 Å². The molecule has 0 atom stereocenters. The zero-order valence-electron chi connectivity index (χ0n) is 16.2. The van der Waals surface area contributed by atoms with Crippen molar-refractivity contribution in [3.63, 3.8) is 0 Å². The van der Waals surface area contributed by atoms with E-state index < -0.39 is 11.9 Å². The van der Waals surface area contributed by atoms with E-state index in [0.717, 1.165) is 25.7 Å². The summed E-state index contributed by atoms with van der Waals surface area (Å²) in [6.45, 7) is 5.70. The molecule has 0 rings (SSSR count). The smallest absolute Gasteiger partial charge is 0.303 e. The first-order chi connectivity index (χ1) is 11.4. The second kappa shape index (κ2) is 20.0. The zero-order valence-corrected chi connectivity index (χ0v) is 16.2. The number of carboxylic acids is 2. The predicted molar refractivity (Wildman–Crippen MR) is 100 cm³/mol. The Labute approximate surface area is 149 Å². The average molecular weight is 345 g/mol. The second-order valence-electron chi connectivity index (χ2n) is 7.09. The molecule has 4 nitrogen and oxygen atoms in total. The molecule has 0 heterocycles. The van der Waals surface area contributed by atoms with Gasteiger partial charge in [-0.05, 0) is 12.3 Å². The van der Waals surface area contributed by atoms with Crippen molar-refractivity contribution in [1.82, 2.24) is 0 Å². The first-order valence-corrected chi connectivity index (χ1v) is 9.77. The van der Waals surface area contributed by atoms with Crippen LogP contribution < -0.4 is 0 Å². The third kappa shape index (κ3) is 32.8. The van der Waals surface area contributed by atoms with Crippen molar-refractivity contribution in [2.75, 3.05) is 0 Å². The molecule has 0 aromatic rings. The summed E-state index contributed by atoms with van der Waals surface area (Å²) in [5, 5.41) is 15.9. The van der Waals surface area contributed by atoms with Crippen LogP contribution in [0.15, 0.2) is 0 Å². The quantitative estimate of drug-likeness (QED) is 0.343. The van der Waals surface area contributed by atoms with Crippen LogP contribution in [0.3, 0.4) is 0 Å². The summed E-state index contributed by atoms with van der Waals surface area (Å²) in [6, 6.07) is 0. The van der Waals surface area contributed by atoms with E-state index in [0.29, 0.717) is 6.42 Å². The van der Waals surface area contributed by atoms with Crippen LogP contribution in [0.5, 0.6) is 0 Å². The van der Waals surface area contributed by atoms with Gasteiger partial charge in [-0.25, -0.2) is 0 Å². The first kappa shape index (κ1) is 25.2. The van der Waals surface area contributed by atoms with Crippen LogP contribution in [-0.4, -0.2) is 22.2 Å². The standard InChI is InChI=1S/C18H36O2.C2H4O2/c1-17(2)15-13-11-9-7-5-3-4-6-8-10-12-14-16-18(19)20;1-2(3)4/h17H,3-16H2,1-2H3,(H,19,20);1H3,(H,3,4). The largest absolute Gasteiger partial charge is 0.481 e. The highest BCUT2D eigenvalue weighted by molar-refractivity contribution is 5.66. The summed E-state index contributed by atoms with van der Waals surface area (Å²) in [5.41, 5.74) is 0. The van der Waals surface area contributed by atoms with Crippen LogP contribution in [-0.2, 0) is 9.59 Å². The van der Waals surface area contributed by atoms with Crippen molar-refractivity contribution < 1.29 is 19.8 Å². The Kier molecular flexibility index (Phi) is 21.0. The van der Waals surface area contributed by atoms with Crippen molar-refractivity contribution >= 4 is 11.9 Å². The predicted octanol–water partition coefficient (Wildman–Crippen LogP) is 6.28. The summed E-state index contributed by atoms with van der Waals surface area (Å²) in [5.74, 6) is -0.621. The topological polar surface area (TPSA) is 74.6 Å². The van der Waals surface area contributed by atoms with Gasteiger partial charge in [0.15, 0.2) is 0 Å². The molecule has 0 fully saturated rings. The van der Waals surface area contributed by atoms with Crippen LogP contribution in [0.4, 0.5) is 0 Å². The molecule has 0 saturated heterocycles. The molecule has 0 radical (unpaired) electrons. The van der Waals surface area contributed by atoms with Crippen molar-refractivity contribution in [3.05, 3.63) is 0 Å². The Morgan fingerprint density at radius 3 is 1.25 bits per heavy atom. The third-order valence-corrected chi connectivity index (χ3v) is 3.92. The zero-order chi connectivity index (χ0) is 18.6. The molecule has 0 aliphatic rings. The van der Waals surface area contributed by atoms with Gasteiger partial charge in [-0.2, -0.15) is 0 Å². The van der Waals surface area contributed by atoms with Crippen LogP contribution in [0.2, 0.25) is 0 Å². The lowest BCUT2D eigenvalue weighted by atomic mass is 10.0. The Bertz CT molecular complexity index is 283. The SMILES string of the molecule is CC(=O)O.CC(C)CCCCCCCCCCCCCCC(=O)O. The van der Waals surface area contributed by atoms with E-state index in [-0.39, 0.29) is 0 Å². The number of hydrogen-bond donors (Lipinski definition) is 2. The second-order valence-corrected chi connectivity index (χ2v) is 7.09. The van der Waals surface area contributed by atoms with Crippen LogP contribution in [0.25, 0.3) is 0 Å². The van der Waals surface area contributed by atoms with E-state index >= 15 is 0 Å². The summed E-state index contributed by atoms with van der Waals surface area (Å²) in [6.07, 6.45) is 17.3. The highest BCUT2D eigenvalue weighted by Gasteiger charge is 1.97. The highest BCUT2D eigenvalue weighted by Crippen LogP contribution is 2.14. The molecule has 0 spiro atoms. The molecule has 24 heavy (non-hydrogen) atoms. The van der Waals surface area contributed by atoms with Gasteiger partial charge in [-0.1, -0.05) is 90.9 Å². The Balaban J connectivity index is 0. The van der Waals surface area contributed by atoms with Crippen molar-refractivity contribution in [2.24, 2.45) is 5.92 Å². The highest BCUT2D eigenvalue weighted by atomic mass is 16.4. The summed E-state index contributed by atoms with van der Waals surface area (Å²) < 4.78 is 0. The molecule has 0 bridgehead atoms. The lowest BCUT2D eigenvalue weighted by Crippen LogP contribution is -1.93. The van der Waals surface area contributed by atoms with Gasteiger partial charge in [-0.3, -0.25) is 9.59 Å². The van der Waals surface area contributed by atoms with Crippen LogP contribution >= 0.6 is 0 Å². The number of unbranched alkanes of at least 4 members (excludes halogenated alkanes) is 11. The lowest BCUT2D eigenvalue weighted by molar-refractivity contribution is -0.137. The fraction of sp³-hybridized carbons (Fsp3) is 0.900. The van der Waals surface area contributed by atoms with E-state index in [1.807, 2.05) is 0 Å². The fourth-order valence-corrected chi connectivity index (χ4v) is 2.60. The normalized spacial score (nSPS) is 10.3. The number of aliphatic carboxylic acids is 2. The maximum absolute atomic E-state index is 10.3. The number of rotatable bonds is 15. The minimum absolute atomic E-state index is 0.344. The van der Waals surface area contributed by atoms with Crippen molar-refractivity contribution in [1.29, 1.82) is 0 Å². The Hall–Kier alpha value is -1.06. The number of carboxylic acid groups (broad SMARTS) is 2. The van der Waals surface area contributed by atoms with Gasteiger partial charge in [0.2, 0.25) is 0 Å². The molecule has 0 saturated carbocycles. The van der Waals surface area contributed by atoms with Gasteiger partial charge in [-0.15, -0.1) is 0 Å². The van der Waals surface area contributed by atoms with Gasteiger partial charge in [0.1, 0.15) is 0 Å². The molecule has 4 heteroatoms. The number of carbonyl (C=O) groups is 2. The Morgan fingerprint density at radius 1 is 0.667 bits per heavy atom. The van der Waals surface area contributed by atoms with Gasteiger partial charge >= 0.3 is 5.97 Å². The van der Waals surface area contributed by atoms with Crippen molar-refractivity contribution in [2.45, 2.75) is 111 Å².